The molecule has 2 rings (SSSR count). The molecule has 0 fully saturated rings. The summed E-state index contributed by atoms with van der Waals surface area (Å²) in [6.07, 6.45) is -5.03. The zero-order chi connectivity index (χ0) is 19.8. The van der Waals surface area contributed by atoms with Gasteiger partial charge >= 0.3 is 30.2 Å². The number of rotatable bonds is 6. The van der Waals surface area contributed by atoms with Crippen LogP contribution in [0.15, 0.2) is 42.5 Å². The molecule has 0 radical (unpaired) electrons. The molecular formula is C16H10F8O2. The minimum atomic E-state index is -6.42. The molecule has 0 atom stereocenters. The second-order valence-corrected chi connectivity index (χ2v) is 5.31. The van der Waals surface area contributed by atoms with Crippen LogP contribution in [-0.4, -0.2) is 36.8 Å². The molecule has 10 heteroatoms. The van der Waals surface area contributed by atoms with E-state index in [0.29, 0.717) is 5.39 Å². The third kappa shape index (κ3) is 3.32. The number of halogens is 8. The van der Waals surface area contributed by atoms with Crippen molar-refractivity contribution in [2.45, 2.75) is 24.2 Å². The van der Waals surface area contributed by atoms with E-state index in [-0.39, 0.29) is 10.9 Å². The molecule has 0 aliphatic heterocycles. The summed E-state index contributed by atoms with van der Waals surface area (Å²) in [6.45, 7) is -2.50. The lowest BCUT2D eigenvalue weighted by atomic mass is 10.0. The van der Waals surface area contributed by atoms with Gasteiger partial charge in [-0.1, -0.05) is 36.4 Å². The molecule has 0 N–H and O–H groups in total. The number of fused-ring (bicyclic) bond motifs is 1. The lowest BCUT2D eigenvalue weighted by Gasteiger charge is -2.31. The maximum Gasteiger partial charge on any atom is 0.381 e. The average Bonchev–Trinajstić information content (AvgIpc) is 2.58. The topological polar surface area (TPSA) is 26.3 Å². The van der Waals surface area contributed by atoms with Crippen molar-refractivity contribution in [2.75, 3.05) is 6.61 Å². The van der Waals surface area contributed by atoms with Crippen LogP contribution in [0, 0.1) is 0 Å². The first-order valence-electron chi connectivity index (χ1n) is 6.98. The van der Waals surface area contributed by atoms with Gasteiger partial charge in [0.2, 0.25) is 0 Å². The summed E-state index contributed by atoms with van der Waals surface area (Å²) in [4.78, 5) is 11.9. The minimum absolute atomic E-state index is 0.244. The van der Waals surface area contributed by atoms with Crippen molar-refractivity contribution >= 4 is 16.7 Å². The summed E-state index contributed by atoms with van der Waals surface area (Å²) in [5.74, 6) is -19.9. The van der Waals surface area contributed by atoms with Gasteiger partial charge in [0.05, 0.1) is 5.56 Å². The van der Waals surface area contributed by atoms with Gasteiger partial charge in [-0.2, -0.15) is 26.3 Å². The van der Waals surface area contributed by atoms with E-state index in [9.17, 15) is 39.9 Å². The Morgan fingerprint density at radius 3 is 2.12 bits per heavy atom. The summed E-state index contributed by atoms with van der Waals surface area (Å²) in [6, 6.07) is 10.2. The summed E-state index contributed by atoms with van der Waals surface area (Å²) in [7, 11) is 0. The average molecular weight is 386 g/mol. The van der Waals surface area contributed by atoms with Crippen molar-refractivity contribution in [3.8, 4) is 0 Å². The molecule has 0 aromatic heterocycles. The van der Waals surface area contributed by atoms with Gasteiger partial charge in [0.25, 0.3) is 0 Å². The Balaban J connectivity index is 2.22. The number of carbonyl (C=O) groups is 1. The third-order valence-corrected chi connectivity index (χ3v) is 3.55. The van der Waals surface area contributed by atoms with E-state index in [1.165, 1.54) is 18.2 Å². The fourth-order valence-electron chi connectivity index (χ4n) is 2.11. The maximum absolute atomic E-state index is 13.4. The number of alkyl halides is 8. The SMILES string of the molecule is O=C(OCC(F)(F)C(F)(F)C(F)(F)C(F)F)c1cccc2ccccc12. The normalized spacial score (nSPS) is 13.3. The summed E-state index contributed by atoms with van der Waals surface area (Å²) < 4.78 is 107. The molecule has 0 unspecified atom stereocenters. The van der Waals surface area contributed by atoms with Crippen LogP contribution in [0.2, 0.25) is 0 Å². The molecule has 142 valence electrons. The predicted molar refractivity (Wildman–Crippen MR) is 75.1 cm³/mol. The monoisotopic (exact) mass is 386 g/mol. The van der Waals surface area contributed by atoms with Gasteiger partial charge in [0, 0.05) is 0 Å². The number of ether oxygens (including phenoxy) is 1. The molecule has 26 heavy (non-hydrogen) atoms. The Labute approximate surface area is 141 Å². The summed E-state index contributed by atoms with van der Waals surface area (Å²) in [5, 5.41) is 0.747. The van der Waals surface area contributed by atoms with Gasteiger partial charge in [-0.05, 0) is 16.8 Å². The highest BCUT2D eigenvalue weighted by Crippen LogP contribution is 2.48. The molecule has 0 bridgehead atoms. The molecular weight excluding hydrogens is 376 g/mol. The van der Waals surface area contributed by atoms with Crippen molar-refractivity contribution in [1.29, 1.82) is 0 Å². The van der Waals surface area contributed by atoms with Crippen molar-refractivity contribution in [2.24, 2.45) is 0 Å². The number of hydrogen-bond acceptors (Lipinski definition) is 2. The van der Waals surface area contributed by atoms with Crippen LogP contribution in [0.5, 0.6) is 0 Å². The standard InChI is InChI=1S/C16H10F8O2/c17-13(18)15(21,22)16(23,24)14(19,20)8-26-12(25)11-7-3-5-9-4-1-2-6-10(9)11/h1-7,13H,8H2. The molecule has 0 aliphatic rings. The maximum atomic E-state index is 13.4. The van der Waals surface area contributed by atoms with Crippen LogP contribution in [0.1, 0.15) is 10.4 Å². The van der Waals surface area contributed by atoms with Crippen molar-refractivity contribution in [1.82, 2.24) is 0 Å². The highest BCUT2D eigenvalue weighted by Gasteiger charge is 2.75. The van der Waals surface area contributed by atoms with Gasteiger partial charge in [0.1, 0.15) is 0 Å². The van der Waals surface area contributed by atoms with Crippen LogP contribution in [-0.2, 0) is 4.74 Å². The van der Waals surface area contributed by atoms with Gasteiger partial charge in [-0.3, -0.25) is 0 Å². The molecule has 0 spiro atoms. The van der Waals surface area contributed by atoms with E-state index >= 15 is 0 Å². The van der Waals surface area contributed by atoms with Gasteiger partial charge in [-0.25, -0.2) is 13.6 Å². The Hall–Kier alpha value is -2.39. The molecule has 0 heterocycles. The first-order chi connectivity index (χ1) is 11.9. The molecule has 0 amide bonds. The van der Waals surface area contributed by atoms with Gasteiger partial charge in [0.15, 0.2) is 6.61 Å². The molecule has 2 nitrogen and oxygen atoms in total. The summed E-state index contributed by atoms with van der Waals surface area (Å²) in [5.41, 5.74) is -0.275. The van der Waals surface area contributed by atoms with Gasteiger partial charge < -0.3 is 4.74 Å². The highest BCUT2D eigenvalue weighted by molar-refractivity contribution is 6.04. The van der Waals surface area contributed by atoms with Gasteiger partial charge in [-0.15, -0.1) is 0 Å². The van der Waals surface area contributed by atoms with Crippen molar-refractivity contribution in [3.63, 3.8) is 0 Å². The lowest BCUT2D eigenvalue weighted by molar-refractivity contribution is -0.343. The van der Waals surface area contributed by atoms with E-state index < -0.39 is 36.8 Å². The second kappa shape index (κ2) is 6.73. The molecule has 0 aliphatic carbocycles. The third-order valence-electron chi connectivity index (χ3n) is 3.55. The van der Waals surface area contributed by atoms with Crippen LogP contribution in [0.3, 0.4) is 0 Å². The largest absolute Gasteiger partial charge is 0.455 e. The van der Waals surface area contributed by atoms with Crippen LogP contribution < -0.4 is 0 Å². The van der Waals surface area contributed by atoms with E-state index in [1.54, 1.807) is 18.2 Å². The highest BCUT2D eigenvalue weighted by atomic mass is 19.4. The quantitative estimate of drug-likeness (QED) is 0.506. The Kier molecular flexibility index (Phi) is 5.16. The fourth-order valence-corrected chi connectivity index (χ4v) is 2.11. The second-order valence-electron chi connectivity index (χ2n) is 5.31. The Bertz CT molecular complexity index is 798. The smallest absolute Gasteiger partial charge is 0.381 e. The first kappa shape index (κ1) is 19.9. The molecule has 0 saturated carbocycles. The number of hydrogen-bond donors (Lipinski definition) is 0. The zero-order valence-corrected chi connectivity index (χ0v) is 12.7. The van der Waals surface area contributed by atoms with E-state index in [2.05, 4.69) is 4.74 Å². The number of benzene rings is 2. The molecule has 0 saturated heterocycles. The molecule has 2 aromatic carbocycles. The predicted octanol–water partition coefficient (Wildman–Crippen LogP) is 5.17. The van der Waals surface area contributed by atoms with Crippen LogP contribution >= 0.6 is 0 Å². The minimum Gasteiger partial charge on any atom is -0.455 e. The summed E-state index contributed by atoms with van der Waals surface area (Å²) >= 11 is 0. The number of carbonyl (C=O) groups excluding carboxylic acids is 1. The van der Waals surface area contributed by atoms with Crippen molar-refractivity contribution < 1.29 is 44.7 Å². The van der Waals surface area contributed by atoms with Crippen LogP contribution in [0.4, 0.5) is 35.1 Å². The Morgan fingerprint density at radius 2 is 1.50 bits per heavy atom. The lowest BCUT2D eigenvalue weighted by Crippen LogP contribution is -2.59. The molecule has 2 aromatic rings. The van der Waals surface area contributed by atoms with Crippen molar-refractivity contribution in [3.05, 3.63) is 48.0 Å². The van der Waals surface area contributed by atoms with Crippen LogP contribution in [0.25, 0.3) is 10.8 Å². The number of esters is 1. The fraction of sp³-hybridized carbons (Fsp3) is 0.312. The zero-order valence-electron chi connectivity index (χ0n) is 12.7. The Morgan fingerprint density at radius 1 is 0.923 bits per heavy atom. The van der Waals surface area contributed by atoms with E-state index in [0.717, 1.165) is 6.07 Å². The first-order valence-corrected chi connectivity index (χ1v) is 6.98. The van der Waals surface area contributed by atoms with E-state index in [1.807, 2.05) is 0 Å². The van der Waals surface area contributed by atoms with E-state index in [4.69, 9.17) is 0 Å².